The first-order valence-electron chi connectivity index (χ1n) is 12.7. The minimum Gasteiger partial charge on any atom is -0.355 e. The maximum absolute atomic E-state index is 13.5. The van der Waals surface area contributed by atoms with E-state index in [9.17, 15) is 9.59 Å². The number of halogens is 1. The fourth-order valence-electron chi connectivity index (χ4n) is 6.62. The smallest absolute Gasteiger partial charge is 0.225 e. The molecule has 2 amide bonds. The van der Waals surface area contributed by atoms with E-state index in [1.165, 1.54) is 12.8 Å². The number of rotatable bonds is 5. The Morgan fingerprint density at radius 2 is 2.00 bits per heavy atom. The minimum absolute atomic E-state index is 0.0564. The van der Waals surface area contributed by atoms with Crippen LogP contribution in [0.15, 0.2) is 0 Å². The van der Waals surface area contributed by atoms with Crippen molar-refractivity contribution in [3.63, 3.8) is 0 Å². The van der Waals surface area contributed by atoms with Crippen molar-refractivity contribution in [1.29, 1.82) is 0 Å². The number of carbonyl (C=O) groups excluding carboxylic acids is 2. The predicted octanol–water partition coefficient (Wildman–Crippen LogP) is 2.21. The Labute approximate surface area is 198 Å². The molecule has 32 heavy (non-hydrogen) atoms. The van der Waals surface area contributed by atoms with Crippen LogP contribution in [0, 0.1) is 29.6 Å². The second-order valence-electron chi connectivity index (χ2n) is 11.1. The number of amides is 2. The lowest BCUT2D eigenvalue weighted by atomic mass is 9.73. The molecule has 3 heterocycles. The highest BCUT2D eigenvalue weighted by Gasteiger charge is 2.49. The molecule has 4 N–H and O–H groups in total. The third-order valence-electron chi connectivity index (χ3n) is 8.37. The number of nitrogens with one attached hydrogen (secondary N) is 4. The molecular formula is C24H42ClN5O2. The highest BCUT2D eigenvalue weighted by atomic mass is 35.5. The van der Waals surface area contributed by atoms with Crippen LogP contribution in [0.3, 0.4) is 0 Å². The lowest BCUT2D eigenvalue weighted by Gasteiger charge is -2.45. The fraction of sp³-hybridized carbons (Fsp3) is 0.917. The Balaban J connectivity index is 1.45. The van der Waals surface area contributed by atoms with Gasteiger partial charge < -0.3 is 10.6 Å². The zero-order valence-corrected chi connectivity index (χ0v) is 20.8. The van der Waals surface area contributed by atoms with E-state index in [2.05, 4.69) is 47.2 Å². The maximum atomic E-state index is 13.5. The summed E-state index contributed by atoms with van der Waals surface area (Å²) in [5.74, 6) is 0.994. The summed E-state index contributed by atoms with van der Waals surface area (Å²) >= 11 is 6.53. The molecule has 4 fully saturated rings. The Bertz CT molecular complexity index is 691. The number of carbonyl (C=O) groups is 2. The van der Waals surface area contributed by atoms with Gasteiger partial charge in [0.15, 0.2) is 0 Å². The van der Waals surface area contributed by atoms with Crippen molar-refractivity contribution in [2.24, 2.45) is 29.6 Å². The van der Waals surface area contributed by atoms with Crippen LogP contribution in [0.1, 0.15) is 66.2 Å². The Kier molecular flexibility index (Phi) is 7.70. The molecule has 7 nitrogen and oxygen atoms in total. The van der Waals surface area contributed by atoms with Crippen molar-refractivity contribution >= 4 is 23.4 Å². The highest BCUT2D eigenvalue weighted by molar-refractivity contribution is 6.20. The number of hydrazine groups is 1. The molecule has 1 saturated carbocycles. The van der Waals surface area contributed by atoms with E-state index in [1.54, 1.807) is 0 Å². The second-order valence-corrected chi connectivity index (χ2v) is 11.7. The van der Waals surface area contributed by atoms with Crippen molar-refractivity contribution < 1.29 is 9.59 Å². The van der Waals surface area contributed by atoms with Crippen molar-refractivity contribution in [1.82, 2.24) is 26.4 Å². The molecule has 0 aromatic rings. The average molecular weight is 468 g/mol. The quantitative estimate of drug-likeness (QED) is 0.466. The van der Waals surface area contributed by atoms with Gasteiger partial charge in [-0.3, -0.25) is 20.3 Å². The summed E-state index contributed by atoms with van der Waals surface area (Å²) < 4.78 is 0. The first-order valence-corrected chi connectivity index (χ1v) is 13.2. The van der Waals surface area contributed by atoms with E-state index >= 15 is 0 Å². The SMILES string of the molecule is CC1CC(C)C(CNC(=O)C2CC(C3CCCC(Cl)C3)NC3C2CNN3C(C)C)C(=O)N1. The van der Waals surface area contributed by atoms with Crippen LogP contribution in [0.4, 0.5) is 0 Å². The summed E-state index contributed by atoms with van der Waals surface area (Å²) in [6, 6.07) is 0.858. The van der Waals surface area contributed by atoms with Crippen molar-refractivity contribution in [2.45, 2.75) is 95.9 Å². The van der Waals surface area contributed by atoms with Gasteiger partial charge in [-0.1, -0.05) is 13.3 Å². The summed E-state index contributed by atoms with van der Waals surface area (Å²) in [5, 5.41) is 12.7. The van der Waals surface area contributed by atoms with Gasteiger partial charge in [0.05, 0.1) is 12.1 Å². The molecule has 3 aliphatic heterocycles. The summed E-state index contributed by atoms with van der Waals surface area (Å²) in [4.78, 5) is 26.0. The van der Waals surface area contributed by atoms with Gasteiger partial charge in [0, 0.05) is 48.4 Å². The largest absolute Gasteiger partial charge is 0.355 e. The molecule has 0 radical (unpaired) electrons. The molecule has 4 rings (SSSR count). The first kappa shape index (κ1) is 24.2. The molecule has 4 aliphatic rings. The third-order valence-corrected chi connectivity index (χ3v) is 8.77. The van der Waals surface area contributed by atoms with Gasteiger partial charge in [0.25, 0.3) is 0 Å². The number of hydrogen-bond acceptors (Lipinski definition) is 5. The molecule has 9 unspecified atom stereocenters. The molecular weight excluding hydrogens is 426 g/mol. The minimum atomic E-state index is -0.146. The van der Waals surface area contributed by atoms with Crippen molar-refractivity contribution in [3.8, 4) is 0 Å². The molecule has 3 saturated heterocycles. The van der Waals surface area contributed by atoms with Gasteiger partial charge in [-0.25, -0.2) is 5.01 Å². The number of hydrogen-bond donors (Lipinski definition) is 4. The standard InChI is InChI=1S/C24H42ClN5O2/c1-13(2)30-22-20(12-27-30)18(10-21(29-22)16-6-5-7-17(25)9-16)23(31)26-11-19-14(3)8-15(4)28-24(19)32/h13-22,27,29H,5-12H2,1-4H3,(H,26,31)(H,28,32). The molecule has 0 aromatic heterocycles. The summed E-state index contributed by atoms with van der Waals surface area (Å²) in [5.41, 5.74) is 3.54. The van der Waals surface area contributed by atoms with Crippen LogP contribution >= 0.6 is 11.6 Å². The molecule has 0 spiro atoms. The van der Waals surface area contributed by atoms with Gasteiger partial charge in [0.1, 0.15) is 0 Å². The number of alkyl halides is 1. The number of fused-ring (bicyclic) bond motifs is 1. The van der Waals surface area contributed by atoms with Crippen LogP contribution in [-0.2, 0) is 9.59 Å². The molecule has 0 aromatic carbocycles. The highest BCUT2D eigenvalue weighted by Crippen LogP contribution is 2.39. The van der Waals surface area contributed by atoms with E-state index in [0.29, 0.717) is 24.5 Å². The molecule has 8 heteroatoms. The molecule has 9 atom stereocenters. The van der Waals surface area contributed by atoms with Gasteiger partial charge in [-0.05, 0) is 64.7 Å². The molecule has 1 aliphatic carbocycles. The molecule has 182 valence electrons. The van der Waals surface area contributed by atoms with Crippen LogP contribution < -0.4 is 21.4 Å². The summed E-state index contributed by atoms with van der Waals surface area (Å²) in [6.07, 6.45) is 6.43. The van der Waals surface area contributed by atoms with Crippen LogP contribution in [0.2, 0.25) is 0 Å². The normalized spacial score (nSPS) is 43.1. The maximum Gasteiger partial charge on any atom is 0.225 e. The first-order chi connectivity index (χ1) is 15.2. The van der Waals surface area contributed by atoms with Gasteiger partial charge in [0.2, 0.25) is 11.8 Å². The van der Waals surface area contributed by atoms with E-state index in [-0.39, 0.29) is 53.1 Å². The Morgan fingerprint density at radius 1 is 1.22 bits per heavy atom. The van der Waals surface area contributed by atoms with E-state index in [4.69, 9.17) is 11.6 Å². The van der Waals surface area contributed by atoms with Gasteiger partial charge >= 0.3 is 0 Å². The third kappa shape index (κ3) is 5.11. The second kappa shape index (κ2) is 10.2. The van der Waals surface area contributed by atoms with Gasteiger partial charge in [-0.2, -0.15) is 0 Å². The van der Waals surface area contributed by atoms with Crippen LogP contribution in [0.5, 0.6) is 0 Å². The lowest BCUT2D eigenvalue weighted by Crippen LogP contribution is -2.62. The van der Waals surface area contributed by atoms with Crippen molar-refractivity contribution in [3.05, 3.63) is 0 Å². The summed E-state index contributed by atoms with van der Waals surface area (Å²) in [6.45, 7) is 9.78. The summed E-state index contributed by atoms with van der Waals surface area (Å²) in [7, 11) is 0. The number of piperidine rings is 2. The van der Waals surface area contributed by atoms with Crippen LogP contribution in [0.25, 0.3) is 0 Å². The average Bonchev–Trinajstić information content (AvgIpc) is 3.16. The fourth-order valence-corrected chi connectivity index (χ4v) is 7.00. The number of nitrogens with zero attached hydrogens (tertiary/aromatic N) is 1. The lowest BCUT2D eigenvalue weighted by molar-refractivity contribution is -0.132. The Morgan fingerprint density at radius 3 is 2.69 bits per heavy atom. The topological polar surface area (TPSA) is 85.5 Å². The zero-order chi connectivity index (χ0) is 23.0. The van der Waals surface area contributed by atoms with E-state index in [1.807, 2.05) is 6.92 Å². The zero-order valence-electron chi connectivity index (χ0n) is 20.1. The van der Waals surface area contributed by atoms with E-state index in [0.717, 1.165) is 32.2 Å². The van der Waals surface area contributed by atoms with Crippen molar-refractivity contribution in [2.75, 3.05) is 13.1 Å². The van der Waals surface area contributed by atoms with Gasteiger partial charge in [-0.15, -0.1) is 11.6 Å². The van der Waals surface area contributed by atoms with E-state index < -0.39 is 0 Å². The predicted molar refractivity (Wildman–Crippen MR) is 127 cm³/mol. The Hall–Kier alpha value is -0.890. The van der Waals surface area contributed by atoms with Crippen LogP contribution in [-0.4, -0.2) is 59.6 Å². The molecule has 0 bridgehead atoms. The monoisotopic (exact) mass is 467 g/mol.